The van der Waals surface area contributed by atoms with E-state index < -0.39 is 0 Å². The second kappa shape index (κ2) is 6.91. The van der Waals surface area contributed by atoms with Crippen molar-refractivity contribution in [3.63, 3.8) is 0 Å². The van der Waals surface area contributed by atoms with Gasteiger partial charge >= 0.3 is 0 Å². The van der Waals surface area contributed by atoms with E-state index in [0.717, 1.165) is 44.9 Å². The van der Waals surface area contributed by atoms with E-state index in [1.807, 2.05) is 6.92 Å². The summed E-state index contributed by atoms with van der Waals surface area (Å²) in [7, 11) is 0. The third-order valence-electron chi connectivity index (χ3n) is 4.73. The van der Waals surface area contributed by atoms with E-state index in [0.29, 0.717) is 6.54 Å². The number of amides is 1. The van der Waals surface area contributed by atoms with Crippen molar-refractivity contribution in [3.8, 4) is 0 Å². The van der Waals surface area contributed by atoms with Gasteiger partial charge in [0.2, 0.25) is 5.91 Å². The van der Waals surface area contributed by atoms with Crippen LogP contribution in [0.2, 0.25) is 0 Å². The molecule has 2 aliphatic rings. The highest BCUT2D eigenvalue weighted by Crippen LogP contribution is 2.32. The maximum Gasteiger partial charge on any atom is 0.224 e. The molecule has 0 aromatic carbocycles. The smallest absolute Gasteiger partial charge is 0.224 e. The monoisotopic (exact) mass is 290 g/mol. The van der Waals surface area contributed by atoms with E-state index >= 15 is 0 Å². The van der Waals surface area contributed by atoms with Crippen LogP contribution < -0.4 is 11.1 Å². The maximum absolute atomic E-state index is 12.2. The molecule has 0 saturated heterocycles. The summed E-state index contributed by atoms with van der Waals surface area (Å²) in [4.78, 5) is 12.2. The summed E-state index contributed by atoms with van der Waals surface area (Å²) < 4.78 is 0. The standard InChI is InChI=1S/C14H26N2O2.ClH/c1-14(15)8-3-2-6-11(14)13(18)16-9-10-5-4-7-12(10)17;/h10-12,17H,2-9,15H2,1H3,(H,16,18);1H. The molecule has 1 amide bonds. The van der Waals surface area contributed by atoms with Gasteiger partial charge in [0.25, 0.3) is 0 Å². The molecule has 0 spiro atoms. The van der Waals surface area contributed by atoms with Gasteiger partial charge in [-0.1, -0.05) is 19.3 Å². The largest absolute Gasteiger partial charge is 0.393 e. The average Bonchev–Trinajstić information content (AvgIpc) is 2.71. The molecule has 2 aliphatic carbocycles. The summed E-state index contributed by atoms with van der Waals surface area (Å²) in [6.07, 6.45) is 6.77. The van der Waals surface area contributed by atoms with Crippen LogP contribution in [-0.2, 0) is 4.79 Å². The summed E-state index contributed by atoms with van der Waals surface area (Å²) in [5, 5.41) is 12.7. The molecule has 112 valence electrons. The Morgan fingerprint density at radius 3 is 2.63 bits per heavy atom. The van der Waals surface area contributed by atoms with E-state index in [4.69, 9.17) is 5.73 Å². The van der Waals surface area contributed by atoms with Gasteiger partial charge in [-0.25, -0.2) is 0 Å². The van der Waals surface area contributed by atoms with Gasteiger partial charge in [0, 0.05) is 18.0 Å². The molecular formula is C14H27ClN2O2. The summed E-state index contributed by atoms with van der Waals surface area (Å²) >= 11 is 0. The molecule has 0 aliphatic heterocycles. The van der Waals surface area contributed by atoms with Crippen LogP contribution in [-0.4, -0.2) is 29.2 Å². The van der Waals surface area contributed by atoms with Crippen molar-refractivity contribution in [1.82, 2.24) is 5.32 Å². The van der Waals surface area contributed by atoms with E-state index in [1.54, 1.807) is 0 Å². The van der Waals surface area contributed by atoms with E-state index in [9.17, 15) is 9.90 Å². The Hall–Kier alpha value is -0.320. The molecule has 19 heavy (non-hydrogen) atoms. The van der Waals surface area contributed by atoms with Crippen molar-refractivity contribution in [2.45, 2.75) is 63.5 Å². The van der Waals surface area contributed by atoms with Crippen LogP contribution in [0.5, 0.6) is 0 Å². The van der Waals surface area contributed by atoms with E-state index in [-0.39, 0.29) is 41.8 Å². The lowest BCUT2D eigenvalue weighted by Crippen LogP contribution is -2.53. The molecule has 0 aromatic heterocycles. The van der Waals surface area contributed by atoms with E-state index in [1.165, 1.54) is 0 Å². The zero-order valence-corrected chi connectivity index (χ0v) is 12.5. The molecule has 2 saturated carbocycles. The van der Waals surface area contributed by atoms with Crippen molar-refractivity contribution < 1.29 is 9.90 Å². The molecule has 5 heteroatoms. The highest BCUT2D eigenvalue weighted by atomic mass is 35.5. The molecule has 2 fully saturated rings. The highest BCUT2D eigenvalue weighted by Gasteiger charge is 2.38. The molecule has 0 heterocycles. The number of aliphatic hydroxyl groups excluding tert-OH is 1. The van der Waals surface area contributed by atoms with Gasteiger partial charge in [0.1, 0.15) is 0 Å². The Morgan fingerprint density at radius 2 is 2.05 bits per heavy atom. The van der Waals surface area contributed by atoms with Gasteiger partial charge in [-0.15, -0.1) is 12.4 Å². The molecule has 0 aromatic rings. The van der Waals surface area contributed by atoms with Gasteiger partial charge < -0.3 is 16.2 Å². The Balaban J connectivity index is 0.00000180. The minimum absolute atomic E-state index is 0. The van der Waals surface area contributed by atoms with Gasteiger partial charge in [0.05, 0.1) is 12.0 Å². The number of nitrogens with two attached hydrogens (primary N) is 1. The molecule has 2 rings (SSSR count). The van der Waals surface area contributed by atoms with Crippen molar-refractivity contribution >= 4 is 18.3 Å². The number of rotatable bonds is 3. The number of halogens is 1. The normalized spacial score (nSPS) is 38.6. The van der Waals surface area contributed by atoms with Gasteiger partial charge in [-0.05, 0) is 32.6 Å². The zero-order valence-electron chi connectivity index (χ0n) is 11.7. The van der Waals surface area contributed by atoms with Gasteiger partial charge in [-0.3, -0.25) is 4.79 Å². The molecular weight excluding hydrogens is 264 g/mol. The lowest BCUT2D eigenvalue weighted by molar-refractivity contribution is -0.128. The molecule has 4 N–H and O–H groups in total. The van der Waals surface area contributed by atoms with Crippen LogP contribution in [0.15, 0.2) is 0 Å². The van der Waals surface area contributed by atoms with E-state index in [2.05, 4.69) is 5.32 Å². The van der Waals surface area contributed by atoms with Gasteiger partial charge in [-0.2, -0.15) is 0 Å². The number of carbonyl (C=O) groups excluding carboxylic acids is 1. The second-order valence-corrected chi connectivity index (χ2v) is 6.31. The molecule has 4 nitrogen and oxygen atoms in total. The van der Waals surface area contributed by atoms with Crippen molar-refractivity contribution in [2.75, 3.05) is 6.54 Å². The first-order chi connectivity index (χ1) is 8.50. The number of carbonyl (C=O) groups is 1. The predicted octanol–water partition coefficient (Wildman–Crippen LogP) is 1.59. The fourth-order valence-corrected chi connectivity index (χ4v) is 3.40. The third-order valence-corrected chi connectivity index (χ3v) is 4.73. The van der Waals surface area contributed by atoms with Crippen LogP contribution in [0.25, 0.3) is 0 Å². The first-order valence-corrected chi connectivity index (χ1v) is 7.25. The Kier molecular flexibility index (Phi) is 6.09. The molecule has 4 unspecified atom stereocenters. The predicted molar refractivity (Wildman–Crippen MR) is 78.2 cm³/mol. The summed E-state index contributed by atoms with van der Waals surface area (Å²) in [5.41, 5.74) is 5.86. The van der Waals surface area contributed by atoms with Crippen LogP contribution >= 0.6 is 12.4 Å². The van der Waals surface area contributed by atoms with Crippen molar-refractivity contribution in [3.05, 3.63) is 0 Å². The van der Waals surface area contributed by atoms with Crippen LogP contribution in [0.3, 0.4) is 0 Å². The van der Waals surface area contributed by atoms with Gasteiger partial charge in [0.15, 0.2) is 0 Å². The summed E-state index contributed by atoms with van der Waals surface area (Å²) in [6.45, 7) is 2.59. The summed E-state index contributed by atoms with van der Waals surface area (Å²) in [6, 6.07) is 0. The fraction of sp³-hybridized carbons (Fsp3) is 0.929. The van der Waals surface area contributed by atoms with Crippen molar-refractivity contribution in [1.29, 1.82) is 0 Å². The fourth-order valence-electron chi connectivity index (χ4n) is 3.40. The number of nitrogens with one attached hydrogen (secondary N) is 1. The highest BCUT2D eigenvalue weighted by molar-refractivity contribution is 5.85. The quantitative estimate of drug-likeness (QED) is 0.739. The molecule has 4 atom stereocenters. The Morgan fingerprint density at radius 1 is 1.32 bits per heavy atom. The Bertz CT molecular complexity index is 310. The first kappa shape index (κ1) is 16.7. The minimum atomic E-state index is -0.364. The lowest BCUT2D eigenvalue weighted by Gasteiger charge is -2.37. The molecule has 0 radical (unpaired) electrons. The lowest BCUT2D eigenvalue weighted by atomic mass is 9.74. The third kappa shape index (κ3) is 4.07. The summed E-state index contributed by atoms with van der Waals surface area (Å²) in [5.74, 6) is 0.255. The SMILES string of the molecule is CC1(N)CCCCC1C(=O)NCC1CCCC1O.Cl. The molecule has 0 bridgehead atoms. The first-order valence-electron chi connectivity index (χ1n) is 7.25. The van der Waals surface area contributed by atoms with Crippen LogP contribution in [0, 0.1) is 11.8 Å². The number of hydrogen-bond acceptors (Lipinski definition) is 3. The zero-order chi connectivity index (χ0) is 13.2. The number of hydrogen-bond donors (Lipinski definition) is 3. The van der Waals surface area contributed by atoms with Crippen molar-refractivity contribution in [2.24, 2.45) is 17.6 Å². The number of aliphatic hydroxyl groups is 1. The topological polar surface area (TPSA) is 75.4 Å². The Labute approximate surface area is 121 Å². The maximum atomic E-state index is 12.2. The second-order valence-electron chi connectivity index (χ2n) is 6.31. The minimum Gasteiger partial charge on any atom is -0.393 e. The van der Waals surface area contributed by atoms with Crippen LogP contribution in [0.4, 0.5) is 0 Å². The average molecular weight is 291 g/mol. The van der Waals surface area contributed by atoms with Crippen LogP contribution in [0.1, 0.15) is 51.9 Å².